The molecule has 0 aliphatic carbocycles. The highest BCUT2D eigenvalue weighted by molar-refractivity contribution is 6.32. The van der Waals surface area contributed by atoms with Crippen molar-refractivity contribution in [3.63, 3.8) is 0 Å². The highest BCUT2D eigenvalue weighted by atomic mass is 35.5. The Labute approximate surface area is 81.2 Å². The van der Waals surface area contributed by atoms with Gasteiger partial charge in [-0.3, -0.25) is 9.97 Å². The van der Waals surface area contributed by atoms with Gasteiger partial charge in [0.25, 0.3) is 0 Å². The van der Waals surface area contributed by atoms with Gasteiger partial charge in [-0.05, 0) is 18.2 Å². The molecule has 0 aromatic carbocycles. The Morgan fingerprint density at radius 3 is 3.00 bits per heavy atom. The summed E-state index contributed by atoms with van der Waals surface area (Å²) in [6, 6.07) is 8.27. The Bertz CT molecular complexity index is 401. The van der Waals surface area contributed by atoms with Crippen LogP contribution in [0.25, 0.3) is 11.3 Å². The van der Waals surface area contributed by atoms with Gasteiger partial charge in [0.05, 0.1) is 10.7 Å². The molecular weight excluding hydrogens is 184 g/mol. The Morgan fingerprint density at radius 1 is 1.38 bits per heavy atom. The zero-order valence-electron chi connectivity index (χ0n) is 6.74. The first kappa shape index (κ1) is 8.20. The molecule has 0 amide bonds. The Kier molecular flexibility index (Phi) is 2.23. The zero-order chi connectivity index (χ0) is 9.10. The summed E-state index contributed by atoms with van der Waals surface area (Å²) in [5, 5.41) is 0.593. The molecule has 0 fully saturated rings. The van der Waals surface area contributed by atoms with Gasteiger partial charge in [-0.2, -0.15) is 0 Å². The topological polar surface area (TPSA) is 25.8 Å². The molecule has 0 bridgehead atoms. The van der Waals surface area contributed by atoms with Crippen LogP contribution >= 0.6 is 11.6 Å². The molecule has 0 spiro atoms. The van der Waals surface area contributed by atoms with Crippen molar-refractivity contribution in [1.82, 2.24) is 9.97 Å². The molecule has 2 rings (SSSR count). The van der Waals surface area contributed by atoms with E-state index in [1.54, 1.807) is 24.7 Å². The smallest absolute Gasteiger partial charge is 0.0904 e. The molecule has 0 atom stereocenters. The molecule has 13 heavy (non-hydrogen) atoms. The second-order valence-electron chi connectivity index (χ2n) is 2.51. The van der Waals surface area contributed by atoms with Crippen LogP contribution in [0.15, 0.2) is 36.8 Å². The van der Waals surface area contributed by atoms with Crippen molar-refractivity contribution in [2.45, 2.75) is 0 Å². The van der Waals surface area contributed by atoms with E-state index in [0.29, 0.717) is 5.02 Å². The van der Waals surface area contributed by atoms with Gasteiger partial charge < -0.3 is 0 Å². The minimum atomic E-state index is 0.593. The van der Waals surface area contributed by atoms with Crippen molar-refractivity contribution in [2.24, 2.45) is 0 Å². The van der Waals surface area contributed by atoms with Gasteiger partial charge in [-0.15, -0.1) is 0 Å². The third kappa shape index (κ3) is 1.68. The first-order valence-corrected chi connectivity index (χ1v) is 4.18. The number of halogens is 1. The second-order valence-corrected chi connectivity index (χ2v) is 2.91. The average molecular weight is 190 g/mol. The number of hydrogen-bond acceptors (Lipinski definition) is 2. The molecule has 0 aliphatic heterocycles. The SMILES string of the molecule is Clc1c[c]cnc1-c1cccnc1. The van der Waals surface area contributed by atoms with Crippen LogP contribution in [0.1, 0.15) is 0 Å². The second kappa shape index (κ2) is 3.54. The first-order chi connectivity index (χ1) is 6.38. The molecule has 2 aromatic heterocycles. The fourth-order valence-corrected chi connectivity index (χ4v) is 1.28. The summed E-state index contributed by atoms with van der Waals surface area (Å²) < 4.78 is 0. The largest absolute Gasteiger partial charge is 0.264 e. The van der Waals surface area contributed by atoms with E-state index in [-0.39, 0.29) is 0 Å². The Hall–Kier alpha value is -1.41. The lowest BCUT2D eigenvalue weighted by molar-refractivity contribution is 1.28. The minimum absolute atomic E-state index is 0.593. The summed E-state index contributed by atoms with van der Waals surface area (Å²) in [6.07, 6.45) is 5.04. The van der Waals surface area contributed by atoms with Crippen molar-refractivity contribution in [2.75, 3.05) is 0 Å². The van der Waals surface area contributed by atoms with Gasteiger partial charge in [0, 0.05) is 30.2 Å². The third-order valence-electron chi connectivity index (χ3n) is 1.64. The van der Waals surface area contributed by atoms with E-state index in [1.807, 2.05) is 12.1 Å². The van der Waals surface area contributed by atoms with Crippen molar-refractivity contribution in [3.05, 3.63) is 47.9 Å². The normalized spacial score (nSPS) is 9.92. The summed E-state index contributed by atoms with van der Waals surface area (Å²) in [7, 11) is 0. The highest BCUT2D eigenvalue weighted by Crippen LogP contribution is 2.23. The van der Waals surface area contributed by atoms with E-state index in [9.17, 15) is 0 Å². The van der Waals surface area contributed by atoms with Crippen LogP contribution in [-0.4, -0.2) is 9.97 Å². The summed E-state index contributed by atoms with van der Waals surface area (Å²) >= 11 is 5.94. The lowest BCUT2D eigenvalue weighted by Gasteiger charge is -2.00. The molecule has 0 saturated carbocycles. The van der Waals surface area contributed by atoms with E-state index in [0.717, 1.165) is 11.3 Å². The fraction of sp³-hybridized carbons (Fsp3) is 0. The Balaban J connectivity index is 2.54. The first-order valence-electron chi connectivity index (χ1n) is 3.80. The molecule has 0 aliphatic rings. The van der Waals surface area contributed by atoms with Crippen molar-refractivity contribution >= 4 is 11.6 Å². The van der Waals surface area contributed by atoms with Crippen LogP contribution in [0.2, 0.25) is 5.02 Å². The molecule has 0 saturated heterocycles. The molecule has 2 heterocycles. The summed E-state index contributed by atoms with van der Waals surface area (Å²) in [5.74, 6) is 0. The van der Waals surface area contributed by atoms with Crippen LogP contribution in [0.4, 0.5) is 0 Å². The number of aromatic nitrogens is 2. The standard InChI is InChI=1S/C10H6ClN2/c11-9-4-2-6-13-10(9)8-3-1-5-12-7-8/h1,3-7H. The molecule has 2 aromatic rings. The van der Waals surface area contributed by atoms with E-state index in [1.165, 1.54) is 0 Å². The number of hydrogen-bond donors (Lipinski definition) is 0. The summed E-state index contributed by atoms with van der Waals surface area (Å²) in [4.78, 5) is 8.11. The maximum absolute atomic E-state index is 5.94. The molecular formula is C10H6ClN2. The fourth-order valence-electron chi connectivity index (χ4n) is 1.06. The minimum Gasteiger partial charge on any atom is -0.264 e. The van der Waals surface area contributed by atoms with Crippen molar-refractivity contribution in [3.8, 4) is 11.3 Å². The number of rotatable bonds is 1. The monoisotopic (exact) mass is 189 g/mol. The van der Waals surface area contributed by atoms with Crippen LogP contribution in [0.5, 0.6) is 0 Å². The molecule has 3 heteroatoms. The Morgan fingerprint density at radius 2 is 2.31 bits per heavy atom. The van der Waals surface area contributed by atoms with Gasteiger partial charge >= 0.3 is 0 Å². The lowest BCUT2D eigenvalue weighted by atomic mass is 10.2. The molecule has 1 radical (unpaired) electrons. The number of nitrogens with zero attached hydrogens (tertiary/aromatic N) is 2. The predicted molar refractivity (Wildman–Crippen MR) is 51.3 cm³/mol. The molecule has 2 nitrogen and oxygen atoms in total. The van der Waals surface area contributed by atoms with E-state index in [2.05, 4.69) is 16.0 Å². The summed E-state index contributed by atoms with van der Waals surface area (Å²) in [6.45, 7) is 0. The van der Waals surface area contributed by atoms with Gasteiger partial charge in [0.15, 0.2) is 0 Å². The molecule has 0 N–H and O–H groups in total. The highest BCUT2D eigenvalue weighted by Gasteiger charge is 2.02. The zero-order valence-corrected chi connectivity index (χ0v) is 7.49. The van der Waals surface area contributed by atoms with Crippen LogP contribution in [-0.2, 0) is 0 Å². The molecule has 63 valence electrons. The van der Waals surface area contributed by atoms with Crippen LogP contribution < -0.4 is 0 Å². The van der Waals surface area contributed by atoms with Gasteiger partial charge in [0.1, 0.15) is 0 Å². The van der Waals surface area contributed by atoms with Gasteiger partial charge in [0.2, 0.25) is 0 Å². The van der Waals surface area contributed by atoms with Gasteiger partial charge in [-0.1, -0.05) is 11.6 Å². The maximum atomic E-state index is 5.94. The van der Waals surface area contributed by atoms with Crippen LogP contribution in [0, 0.1) is 6.07 Å². The van der Waals surface area contributed by atoms with Crippen molar-refractivity contribution in [1.29, 1.82) is 0 Å². The van der Waals surface area contributed by atoms with E-state index >= 15 is 0 Å². The third-order valence-corrected chi connectivity index (χ3v) is 1.93. The van der Waals surface area contributed by atoms with E-state index in [4.69, 9.17) is 11.6 Å². The summed E-state index contributed by atoms with van der Waals surface area (Å²) in [5.41, 5.74) is 1.66. The maximum Gasteiger partial charge on any atom is 0.0904 e. The quantitative estimate of drug-likeness (QED) is 0.689. The average Bonchev–Trinajstić information content (AvgIpc) is 2.20. The lowest BCUT2D eigenvalue weighted by Crippen LogP contribution is -1.84. The van der Waals surface area contributed by atoms with Gasteiger partial charge in [-0.25, -0.2) is 0 Å². The van der Waals surface area contributed by atoms with Crippen LogP contribution in [0.3, 0.4) is 0 Å². The molecule has 0 unspecified atom stereocenters. The van der Waals surface area contributed by atoms with Crippen molar-refractivity contribution < 1.29 is 0 Å². The predicted octanol–water partition coefficient (Wildman–Crippen LogP) is 2.60. The number of pyridine rings is 2. The van der Waals surface area contributed by atoms with E-state index < -0.39 is 0 Å².